The summed E-state index contributed by atoms with van der Waals surface area (Å²) in [4.78, 5) is 4.56. The van der Waals surface area contributed by atoms with E-state index < -0.39 is 0 Å². The number of benzene rings is 1. The van der Waals surface area contributed by atoms with E-state index >= 15 is 0 Å². The van der Waals surface area contributed by atoms with Crippen molar-refractivity contribution >= 4 is 0 Å². The summed E-state index contributed by atoms with van der Waals surface area (Å²) in [6.07, 6.45) is 0.704. The van der Waals surface area contributed by atoms with Gasteiger partial charge in [0.05, 0.1) is 13.2 Å². The zero-order valence-corrected chi connectivity index (χ0v) is 9.19. The van der Waals surface area contributed by atoms with Crippen molar-refractivity contribution < 1.29 is 19.0 Å². The Balaban J connectivity index is 2.25. The van der Waals surface area contributed by atoms with E-state index in [1.165, 1.54) is 0 Å². The fourth-order valence-corrected chi connectivity index (χ4v) is 1.74. The van der Waals surface area contributed by atoms with Gasteiger partial charge in [-0.1, -0.05) is 12.1 Å². The zero-order chi connectivity index (χ0) is 11.4. The van der Waals surface area contributed by atoms with Crippen molar-refractivity contribution in [3.8, 4) is 11.5 Å². The first-order chi connectivity index (χ1) is 7.86. The molecule has 1 aromatic rings. The summed E-state index contributed by atoms with van der Waals surface area (Å²) in [6, 6.07) is 3.96. The van der Waals surface area contributed by atoms with Crippen molar-refractivity contribution in [1.82, 2.24) is 0 Å². The van der Waals surface area contributed by atoms with Crippen molar-refractivity contribution in [3.05, 3.63) is 23.3 Å². The first-order valence-corrected chi connectivity index (χ1v) is 5.07. The van der Waals surface area contributed by atoms with Crippen LogP contribution in [-0.2, 0) is 22.6 Å². The second-order valence-corrected chi connectivity index (χ2v) is 3.50. The Morgan fingerprint density at radius 2 is 1.94 bits per heavy atom. The maximum atomic E-state index is 5.44. The predicted molar refractivity (Wildman–Crippen MR) is 57.1 cm³/mol. The van der Waals surface area contributed by atoms with Gasteiger partial charge in [0.1, 0.15) is 0 Å². The third kappa shape index (κ3) is 2.11. The lowest BCUT2D eigenvalue weighted by atomic mass is 10.1. The molecule has 5 nitrogen and oxygen atoms in total. The molecule has 16 heavy (non-hydrogen) atoms. The third-order valence-electron chi connectivity index (χ3n) is 2.47. The fraction of sp³-hybridized carbons (Fsp3) is 0.455. The van der Waals surface area contributed by atoms with E-state index in [1.54, 1.807) is 7.11 Å². The first-order valence-electron chi connectivity index (χ1n) is 5.07. The first kappa shape index (κ1) is 11.2. The highest BCUT2D eigenvalue weighted by atomic mass is 16.7. The van der Waals surface area contributed by atoms with Gasteiger partial charge in [0.15, 0.2) is 11.5 Å². The minimum absolute atomic E-state index is 0.256. The predicted octanol–water partition coefficient (Wildman–Crippen LogP) is 0.994. The summed E-state index contributed by atoms with van der Waals surface area (Å²) in [5, 5.41) is 0. The molecule has 0 atom stereocenters. The number of ether oxygens (including phenoxy) is 3. The van der Waals surface area contributed by atoms with Gasteiger partial charge in [0, 0.05) is 24.7 Å². The number of rotatable bonds is 5. The molecule has 1 aliphatic heterocycles. The summed E-state index contributed by atoms with van der Waals surface area (Å²) in [7, 11) is 1.65. The van der Waals surface area contributed by atoms with Crippen LogP contribution >= 0.6 is 0 Å². The highest BCUT2D eigenvalue weighted by molar-refractivity contribution is 5.53. The van der Waals surface area contributed by atoms with E-state index in [-0.39, 0.29) is 6.79 Å². The molecule has 5 heteroatoms. The van der Waals surface area contributed by atoms with Crippen LogP contribution in [0.3, 0.4) is 0 Å². The van der Waals surface area contributed by atoms with Gasteiger partial charge in [-0.3, -0.25) is 0 Å². The van der Waals surface area contributed by atoms with Gasteiger partial charge in [-0.15, -0.1) is 0 Å². The maximum Gasteiger partial charge on any atom is 0.231 e. The average Bonchev–Trinajstić information content (AvgIpc) is 2.78. The van der Waals surface area contributed by atoms with Crippen LogP contribution in [-0.4, -0.2) is 20.5 Å². The summed E-state index contributed by atoms with van der Waals surface area (Å²) in [5.74, 6) is 6.57. The minimum Gasteiger partial charge on any atom is -0.453 e. The topological polar surface area (TPSA) is 62.9 Å². The van der Waals surface area contributed by atoms with Crippen molar-refractivity contribution in [1.29, 1.82) is 0 Å². The van der Waals surface area contributed by atoms with Crippen LogP contribution < -0.4 is 15.4 Å². The molecule has 0 fully saturated rings. The molecule has 1 heterocycles. The van der Waals surface area contributed by atoms with Gasteiger partial charge in [0.25, 0.3) is 0 Å². The van der Waals surface area contributed by atoms with Gasteiger partial charge in [-0.25, -0.2) is 5.90 Å². The van der Waals surface area contributed by atoms with Crippen molar-refractivity contribution in [3.63, 3.8) is 0 Å². The number of nitrogens with two attached hydrogens (primary N) is 1. The quantitative estimate of drug-likeness (QED) is 0.757. The number of methoxy groups -OCH3 is 1. The molecule has 0 unspecified atom stereocenters. The Labute approximate surface area is 94.0 Å². The van der Waals surface area contributed by atoms with Crippen LogP contribution in [0.5, 0.6) is 11.5 Å². The molecule has 1 aromatic carbocycles. The van der Waals surface area contributed by atoms with E-state index in [9.17, 15) is 0 Å². The van der Waals surface area contributed by atoms with Crippen molar-refractivity contribution in [2.75, 3.05) is 20.5 Å². The Morgan fingerprint density at radius 1 is 1.25 bits per heavy atom. The van der Waals surface area contributed by atoms with Crippen LogP contribution in [0, 0.1) is 0 Å². The molecule has 0 spiro atoms. The van der Waals surface area contributed by atoms with Gasteiger partial charge in [-0.05, 0) is 0 Å². The minimum atomic E-state index is 0.256. The van der Waals surface area contributed by atoms with E-state index in [4.69, 9.17) is 20.1 Å². The molecule has 0 aromatic heterocycles. The summed E-state index contributed by atoms with van der Waals surface area (Å²) in [6.45, 7) is 1.23. The molecule has 88 valence electrons. The normalized spacial score (nSPS) is 13.1. The monoisotopic (exact) mass is 225 g/mol. The van der Waals surface area contributed by atoms with E-state index in [1.807, 2.05) is 12.1 Å². The van der Waals surface area contributed by atoms with E-state index in [2.05, 4.69) is 4.84 Å². The molecular weight excluding hydrogens is 210 g/mol. The van der Waals surface area contributed by atoms with Crippen LogP contribution in [0.25, 0.3) is 0 Å². The van der Waals surface area contributed by atoms with Crippen LogP contribution in [0.15, 0.2) is 12.1 Å². The third-order valence-corrected chi connectivity index (χ3v) is 2.47. The number of hydrogen-bond donors (Lipinski definition) is 1. The van der Waals surface area contributed by atoms with Crippen molar-refractivity contribution in [2.45, 2.75) is 13.0 Å². The molecule has 0 saturated heterocycles. The largest absolute Gasteiger partial charge is 0.453 e. The molecule has 2 rings (SSSR count). The molecule has 0 saturated carbocycles. The summed E-state index contributed by atoms with van der Waals surface area (Å²) < 4.78 is 16.0. The Morgan fingerprint density at radius 3 is 2.62 bits per heavy atom. The van der Waals surface area contributed by atoms with Gasteiger partial charge in [-0.2, -0.15) is 0 Å². The highest BCUT2D eigenvalue weighted by Gasteiger charge is 2.21. The maximum absolute atomic E-state index is 5.44. The SMILES string of the molecule is COCc1ccc(CCON)c2c1OCO2. The van der Waals surface area contributed by atoms with Crippen LogP contribution in [0.4, 0.5) is 0 Å². The second kappa shape index (κ2) is 5.16. The number of hydrogen-bond acceptors (Lipinski definition) is 5. The van der Waals surface area contributed by atoms with Gasteiger partial charge >= 0.3 is 0 Å². The molecule has 0 radical (unpaired) electrons. The lowest BCUT2D eigenvalue weighted by molar-refractivity contribution is 0.139. The Bertz CT molecular complexity index is 367. The van der Waals surface area contributed by atoms with E-state index in [0.29, 0.717) is 19.6 Å². The molecular formula is C11H15NO4. The van der Waals surface area contributed by atoms with Crippen molar-refractivity contribution in [2.24, 2.45) is 5.90 Å². The lowest BCUT2D eigenvalue weighted by Gasteiger charge is -2.08. The molecule has 0 bridgehead atoms. The number of fused-ring (bicyclic) bond motifs is 1. The zero-order valence-electron chi connectivity index (χ0n) is 9.19. The Kier molecular flexibility index (Phi) is 3.61. The molecule has 0 amide bonds. The smallest absolute Gasteiger partial charge is 0.231 e. The average molecular weight is 225 g/mol. The standard InChI is InChI=1S/C11H15NO4/c1-13-6-9-3-2-8(4-5-16-12)10-11(9)15-7-14-10/h2-3H,4-7,12H2,1H3. The molecule has 1 aliphatic rings. The highest BCUT2D eigenvalue weighted by Crippen LogP contribution is 2.39. The molecule has 0 aliphatic carbocycles. The van der Waals surface area contributed by atoms with E-state index in [0.717, 1.165) is 22.6 Å². The van der Waals surface area contributed by atoms with Crippen LogP contribution in [0.1, 0.15) is 11.1 Å². The lowest BCUT2D eigenvalue weighted by Crippen LogP contribution is -2.04. The summed E-state index contributed by atoms with van der Waals surface area (Å²) >= 11 is 0. The molecule has 2 N–H and O–H groups in total. The Hall–Kier alpha value is -1.30. The second-order valence-electron chi connectivity index (χ2n) is 3.50. The fourth-order valence-electron chi connectivity index (χ4n) is 1.74. The summed E-state index contributed by atoms with van der Waals surface area (Å²) in [5.41, 5.74) is 2.03. The van der Waals surface area contributed by atoms with Gasteiger partial charge < -0.3 is 19.0 Å². The van der Waals surface area contributed by atoms with Crippen LogP contribution in [0.2, 0.25) is 0 Å². The van der Waals surface area contributed by atoms with Gasteiger partial charge in [0.2, 0.25) is 6.79 Å².